The predicted octanol–water partition coefficient (Wildman–Crippen LogP) is 4.02. The quantitative estimate of drug-likeness (QED) is 0.864. The van der Waals surface area contributed by atoms with Crippen LogP contribution >= 0.6 is 35.1 Å². The molecule has 3 nitrogen and oxygen atoms in total. The highest BCUT2D eigenvalue weighted by atomic mass is 35.5. The second-order valence-electron chi connectivity index (χ2n) is 3.30. The summed E-state index contributed by atoms with van der Waals surface area (Å²) in [5, 5.41) is 4.39. The summed E-state index contributed by atoms with van der Waals surface area (Å²) in [7, 11) is 0. The lowest BCUT2D eigenvalue weighted by molar-refractivity contribution is 0.436. The third-order valence-corrected chi connectivity index (χ3v) is 4.49. The largest absolute Gasteiger partial charge is 0.367 e. The van der Waals surface area contributed by atoms with Crippen molar-refractivity contribution in [3.05, 3.63) is 23.4 Å². The molecule has 90 valence electrons. The Morgan fingerprint density at radius 2 is 2.06 bits per heavy atom. The first-order valence-corrected chi connectivity index (χ1v) is 7.62. The number of rotatable bonds is 3. The number of benzene rings is 1. The topological polar surface area (TPSA) is 52.0 Å². The van der Waals surface area contributed by atoms with Gasteiger partial charge in [0.25, 0.3) is 0 Å². The van der Waals surface area contributed by atoms with E-state index in [-0.39, 0.29) is 0 Å². The molecule has 2 aromatic rings. The molecule has 0 unspecified atom stereocenters. The van der Waals surface area contributed by atoms with Crippen LogP contribution in [0.4, 0.5) is 5.88 Å². The van der Waals surface area contributed by atoms with Gasteiger partial charge in [-0.05, 0) is 30.2 Å². The van der Waals surface area contributed by atoms with Crippen molar-refractivity contribution >= 4 is 41.0 Å². The highest BCUT2D eigenvalue weighted by Gasteiger charge is 2.13. The van der Waals surface area contributed by atoms with E-state index >= 15 is 0 Å². The summed E-state index contributed by atoms with van der Waals surface area (Å²) in [6.07, 6.45) is 5.63. The van der Waals surface area contributed by atoms with E-state index in [9.17, 15) is 0 Å². The number of halogens is 1. The lowest BCUT2D eigenvalue weighted by Gasteiger charge is -2.09. The van der Waals surface area contributed by atoms with Crippen LogP contribution in [0.1, 0.15) is 0 Å². The Morgan fingerprint density at radius 3 is 2.59 bits per heavy atom. The van der Waals surface area contributed by atoms with Crippen molar-refractivity contribution in [1.82, 2.24) is 5.16 Å². The maximum absolute atomic E-state index is 6.26. The number of nitrogen functional groups attached to an aromatic ring is 1. The second-order valence-corrected chi connectivity index (χ2v) is 5.37. The zero-order chi connectivity index (χ0) is 12.4. The summed E-state index contributed by atoms with van der Waals surface area (Å²) in [5.41, 5.74) is 7.40. The van der Waals surface area contributed by atoms with Crippen molar-refractivity contribution in [2.45, 2.75) is 9.79 Å². The molecule has 0 amide bonds. The van der Waals surface area contributed by atoms with Crippen LogP contribution in [0.5, 0.6) is 0 Å². The monoisotopic (exact) mass is 286 g/mol. The summed E-state index contributed by atoms with van der Waals surface area (Å²) < 4.78 is 4.86. The fourth-order valence-corrected chi connectivity index (χ4v) is 3.60. The smallest absolute Gasteiger partial charge is 0.229 e. The average Bonchev–Trinajstić information content (AvgIpc) is 2.74. The molecule has 0 spiro atoms. The van der Waals surface area contributed by atoms with E-state index in [1.807, 2.05) is 24.6 Å². The van der Waals surface area contributed by atoms with Crippen LogP contribution < -0.4 is 5.73 Å². The molecule has 0 saturated carbocycles. The minimum atomic E-state index is 0.310. The van der Waals surface area contributed by atoms with E-state index in [0.717, 1.165) is 25.9 Å². The van der Waals surface area contributed by atoms with Crippen LogP contribution in [0.3, 0.4) is 0 Å². The molecule has 1 aromatic carbocycles. The van der Waals surface area contributed by atoms with E-state index in [0.29, 0.717) is 5.88 Å². The molecule has 2 rings (SSSR count). The maximum Gasteiger partial charge on any atom is 0.229 e. The molecule has 0 radical (unpaired) electrons. The molecule has 0 aliphatic rings. The van der Waals surface area contributed by atoms with Crippen LogP contribution in [0.15, 0.2) is 32.6 Å². The molecule has 2 N–H and O–H groups in total. The molecule has 0 atom stereocenters. The van der Waals surface area contributed by atoms with Gasteiger partial charge in [-0.25, -0.2) is 0 Å². The Bertz CT molecular complexity index is 542. The van der Waals surface area contributed by atoms with E-state index in [2.05, 4.69) is 5.16 Å². The Morgan fingerprint density at radius 1 is 1.29 bits per heavy atom. The standard InChI is InChI=1S/C11H11ClN2OS2/c1-16-9-4-6(3-8(12)10(9)17-2)7-5-14-15-11(7)13/h3-5H,13H2,1-2H3. The van der Waals surface area contributed by atoms with Gasteiger partial charge in [-0.1, -0.05) is 16.8 Å². The number of nitrogens with two attached hydrogens (primary N) is 1. The summed E-state index contributed by atoms with van der Waals surface area (Å²) in [5.74, 6) is 0.310. The Balaban J connectivity index is 2.58. The van der Waals surface area contributed by atoms with Gasteiger partial charge in [-0.3, -0.25) is 0 Å². The first kappa shape index (κ1) is 12.7. The third kappa shape index (κ3) is 2.41. The molecule has 0 saturated heterocycles. The third-order valence-electron chi connectivity index (χ3n) is 2.34. The van der Waals surface area contributed by atoms with Gasteiger partial charge in [0.05, 0.1) is 16.8 Å². The van der Waals surface area contributed by atoms with Gasteiger partial charge in [0.2, 0.25) is 5.88 Å². The molecule has 6 heteroatoms. The summed E-state index contributed by atoms with van der Waals surface area (Å²) >= 11 is 9.54. The van der Waals surface area contributed by atoms with E-state index in [1.165, 1.54) is 0 Å². The van der Waals surface area contributed by atoms with Crippen molar-refractivity contribution in [3.63, 3.8) is 0 Å². The molecule has 0 bridgehead atoms. The first-order valence-electron chi connectivity index (χ1n) is 4.79. The zero-order valence-corrected chi connectivity index (χ0v) is 11.7. The van der Waals surface area contributed by atoms with Crippen molar-refractivity contribution in [1.29, 1.82) is 0 Å². The van der Waals surface area contributed by atoms with Gasteiger partial charge in [-0.15, -0.1) is 23.5 Å². The number of hydrogen-bond acceptors (Lipinski definition) is 5. The van der Waals surface area contributed by atoms with E-state index in [4.69, 9.17) is 21.9 Å². The van der Waals surface area contributed by atoms with Gasteiger partial charge >= 0.3 is 0 Å². The second kappa shape index (κ2) is 5.25. The highest BCUT2D eigenvalue weighted by molar-refractivity contribution is 8.01. The lowest BCUT2D eigenvalue weighted by Crippen LogP contribution is -1.87. The van der Waals surface area contributed by atoms with Gasteiger partial charge in [0.1, 0.15) is 0 Å². The van der Waals surface area contributed by atoms with E-state index < -0.39 is 0 Å². The number of aromatic nitrogens is 1. The molecule has 0 aliphatic heterocycles. The van der Waals surface area contributed by atoms with Crippen molar-refractivity contribution in [2.75, 3.05) is 18.2 Å². The van der Waals surface area contributed by atoms with Crippen LogP contribution in [0.2, 0.25) is 5.02 Å². The van der Waals surface area contributed by atoms with Gasteiger partial charge in [-0.2, -0.15) is 0 Å². The number of hydrogen-bond donors (Lipinski definition) is 1. The van der Waals surface area contributed by atoms with E-state index in [1.54, 1.807) is 29.7 Å². The fraction of sp³-hybridized carbons (Fsp3) is 0.182. The van der Waals surface area contributed by atoms with Gasteiger partial charge in [0, 0.05) is 9.79 Å². The summed E-state index contributed by atoms with van der Waals surface area (Å²) in [6, 6.07) is 3.93. The predicted molar refractivity (Wildman–Crippen MR) is 74.9 cm³/mol. The molecule has 1 aromatic heterocycles. The average molecular weight is 287 g/mol. The van der Waals surface area contributed by atoms with Crippen LogP contribution in [0.25, 0.3) is 11.1 Å². The molecular weight excluding hydrogens is 276 g/mol. The van der Waals surface area contributed by atoms with Crippen LogP contribution in [0, 0.1) is 0 Å². The fourth-order valence-electron chi connectivity index (χ4n) is 1.54. The van der Waals surface area contributed by atoms with Crippen molar-refractivity contribution < 1.29 is 4.52 Å². The highest BCUT2D eigenvalue weighted by Crippen LogP contribution is 2.39. The maximum atomic E-state index is 6.26. The molecule has 17 heavy (non-hydrogen) atoms. The van der Waals surface area contributed by atoms with Crippen molar-refractivity contribution in [2.24, 2.45) is 0 Å². The number of thioether (sulfide) groups is 2. The van der Waals surface area contributed by atoms with Gasteiger partial charge in [0.15, 0.2) is 0 Å². The summed E-state index contributed by atoms with van der Waals surface area (Å²) in [4.78, 5) is 2.21. The molecule has 0 aliphatic carbocycles. The minimum absolute atomic E-state index is 0.310. The van der Waals surface area contributed by atoms with Crippen LogP contribution in [-0.2, 0) is 0 Å². The lowest BCUT2D eigenvalue weighted by atomic mass is 10.1. The minimum Gasteiger partial charge on any atom is -0.367 e. The SMILES string of the molecule is CSc1cc(-c2cnoc2N)cc(Cl)c1SC. The molecule has 0 fully saturated rings. The molecule has 1 heterocycles. The Kier molecular flexibility index (Phi) is 3.91. The Hall–Kier alpha value is -0.780. The van der Waals surface area contributed by atoms with Gasteiger partial charge < -0.3 is 10.3 Å². The molecular formula is C11H11ClN2OS2. The normalized spacial score (nSPS) is 10.8. The first-order chi connectivity index (χ1) is 8.17. The van der Waals surface area contributed by atoms with Crippen LogP contribution in [-0.4, -0.2) is 17.7 Å². The number of nitrogens with zero attached hydrogens (tertiary/aromatic N) is 1. The number of anilines is 1. The Labute approximate surface area is 113 Å². The van der Waals surface area contributed by atoms with Crippen molar-refractivity contribution in [3.8, 4) is 11.1 Å². The zero-order valence-electron chi connectivity index (χ0n) is 9.36. The summed E-state index contributed by atoms with van der Waals surface area (Å²) in [6.45, 7) is 0.